The standard InChI is InChI=1S/C31H49N3O6/c1-8-10-14-33(15-11-13-32(5)6)27(35)20-34-19-23(22-16-25(38-7)29-26(17-22)39-21-40-29)28(30(36)37)24(34)18-31(3,4)12-9-2/h9,12,16-17,23-24,28H,8,10-11,13-15,18-21H2,1-7H3,(H,36,37)/t23-,24+,28?/m1/s1. The Morgan fingerprint density at radius 2 is 1.90 bits per heavy atom. The number of carbonyl (C=O) groups excluding carboxylic acids is 1. The molecule has 1 saturated heterocycles. The highest BCUT2D eigenvalue weighted by molar-refractivity contribution is 5.79. The van der Waals surface area contributed by atoms with E-state index in [0.717, 1.165) is 37.9 Å². The average molecular weight is 560 g/mol. The molecule has 1 fully saturated rings. The lowest BCUT2D eigenvalue weighted by molar-refractivity contribution is -0.144. The van der Waals surface area contributed by atoms with Crippen molar-refractivity contribution in [1.29, 1.82) is 0 Å². The maximum Gasteiger partial charge on any atom is 0.308 e. The van der Waals surface area contributed by atoms with E-state index in [0.29, 0.717) is 36.8 Å². The van der Waals surface area contributed by atoms with Gasteiger partial charge in [0.1, 0.15) is 0 Å². The fourth-order valence-electron chi connectivity index (χ4n) is 6.07. The molecule has 9 heteroatoms. The first kappa shape index (κ1) is 31.7. The molecule has 0 saturated carbocycles. The molecule has 40 heavy (non-hydrogen) atoms. The Morgan fingerprint density at radius 1 is 1.18 bits per heavy atom. The topological polar surface area (TPSA) is 91.8 Å². The lowest BCUT2D eigenvalue weighted by Crippen LogP contribution is -2.46. The van der Waals surface area contributed by atoms with Gasteiger partial charge in [0.25, 0.3) is 0 Å². The summed E-state index contributed by atoms with van der Waals surface area (Å²) in [7, 11) is 5.65. The number of hydrogen-bond donors (Lipinski definition) is 1. The average Bonchev–Trinajstić information content (AvgIpc) is 3.49. The van der Waals surface area contributed by atoms with Crippen LogP contribution in [0.4, 0.5) is 0 Å². The smallest absolute Gasteiger partial charge is 0.308 e. The van der Waals surface area contributed by atoms with Crippen molar-refractivity contribution < 1.29 is 28.9 Å². The van der Waals surface area contributed by atoms with Crippen LogP contribution < -0.4 is 14.2 Å². The highest BCUT2D eigenvalue weighted by atomic mass is 16.7. The Hall–Kier alpha value is -2.78. The molecule has 0 aromatic heterocycles. The molecule has 224 valence electrons. The first-order valence-electron chi connectivity index (χ1n) is 14.5. The number of carboxylic acid groups (broad SMARTS) is 1. The zero-order chi connectivity index (χ0) is 29.4. The molecule has 1 amide bonds. The van der Waals surface area contributed by atoms with Gasteiger partial charge in [-0.1, -0.05) is 39.3 Å². The molecular formula is C31H49N3O6. The van der Waals surface area contributed by atoms with Crippen molar-refractivity contribution in [2.24, 2.45) is 11.3 Å². The fraction of sp³-hybridized carbons (Fsp3) is 0.677. The summed E-state index contributed by atoms with van der Waals surface area (Å²) in [5.74, 6) is -0.191. The lowest BCUT2D eigenvalue weighted by atomic mass is 9.77. The second kappa shape index (κ2) is 14.2. The van der Waals surface area contributed by atoms with Crippen LogP contribution in [0.25, 0.3) is 0 Å². The first-order valence-corrected chi connectivity index (χ1v) is 14.5. The van der Waals surface area contributed by atoms with Crippen molar-refractivity contribution in [3.8, 4) is 17.2 Å². The summed E-state index contributed by atoms with van der Waals surface area (Å²) in [6.07, 6.45) is 7.61. The molecule has 1 aromatic carbocycles. The van der Waals surface area contributed by atoms with Crippen molar-refractivity contribution in [3.63, 3.8) is 0 Å². The predicted octanol–water partition coefficient (Wildman–Crippen LogP) is 4.47. The molecule has 0 radical (unpaired) electrons. The van der Waals surface area contributed by atoms with Crippen molar-refractivity contribution in [3.05, 3.63) is 29.8 Å². The largest absolute Gasteiger partial charge is 0.493 e. The minimum atomic E-state index is -0.855. The van der Waals surface area contributed by atoms with Crippen LogP contribution in [0.2, 0.25) is 0 Å². The third-order valence-electron chi connectivity index (χ3n) is 8.00. The van der Waals surface area contributed by atoms with Gasteiger partial charge in [0, 0.05) is 31.6 Å². The molecule has 1 N–H and O–H groups in total. The summed E-state index contributed by atoms with van der Waals surface area (Å²) in [6, 6.07) is 3.42. The van der Waals surface area contributed by atoms with E-state index in [-0.39, 0.29) is 36.6 Å². The third kappa shape index (κ3) is 7.91. The van der Waals surface area contributed by atoms with Crippen LogP contribution >= 0.6 is 0 Å². The van der Waals surface area contributed by atoms with Gasteiger partial charge < -0.3 is 29.1 Å². The number of aliphatic carboxylic acids is 1. The Kier molecular flexibility index (Phi) is 11.3. The highest BCUT2D eigenvalue weighted by Gasteiger charge is 2.49. The van der Waals surface area contributed by atoms with Crippen LogP contribution in [0.3, 0.4) is 0 Å². The molecule has 3 atom stereocenters. The van der Waals surface area contributed by atoms with E-state index < -0.39 is 11.9 Å². The molecule has 0 bridgehead atoms. The van der Waals surface area contributed by atoms with Crippen molar-refractivity contribution in [2.75, 3.05) is 60.7 Å². The Bertz CT molecular complexity index is 1040. The lowest BCUT2D eigenvalue weighted by Gasteiger charge is -2.34. The highest BCUT2D eigenvalue weighted by Crippen LogP contribution is 2.48. The molecule has 9 nitrogen and oxygen atoms in total. The molecule has 2 heterocycles. The number of amides is 1. The first-order chi connectivity index (χ1) is 19.0. The van der Waals surface area contributed by atoms with Gasteiger partial charge >= 0.3 is 5.97 Å². The zero-order valence-electron chi connectivity index (χ0n) is 25.4. The van der Waals surface area contributed by atoms with E-state index in [9.17, 15) is 14.7 Å². The van der Waals surface area contributed by atoms with Crippen LogP contribution in [0, 0.1) is 11.3 Å². The minimum Gasteiger partial charge on any atom is -0.493 e. The molecule has 1 unspecified atom stereocenters. The molecule has 2 aliphatic heterocycles. The van der Waals surface area contributed by atoms with Gasteiger partial charge in [-0.15, -0.1) is 0 Å². The van der Waals surface area contributed by atoms with E-state index in [1.807, 2.05) is 44.1 Å². The number of likely N-dealkylation sites (tertiary alicyclic amines) is 1. The van der Waals surface area contributed by atoms with Gasteiger partial charge in [-0.3, -0.25) is 14.5 Å². The van der Waals surface area contributed by atoms with Crippen molar-refractivity contribution >= 4 is 11.9 Å². The van der Waals surface area contributed by atoms with E-state index in [4.69, 9.17) is 14.2 Å². The number of carboxylic acids is 1. The second-order valence-corrected chi connectivity index (χ2v) is 12.0. The molecule has 3 rings (SSSR count). The summed E-state index contributed by atoms with van der Waals surface area (Å²) < 4.78 is 16.8. The van der Waals surface area contributed by atoms with Crippen molar-refractivity contribution in [2.45, 2.75) is 65.3 Å². The number of ether oxygens (including phenoxy) is 3. The maximum absolute atomic E-state index is 13.7. The van der Waals surface area contributed by atoms with Crippen LogP contribution in [-0.4, -0.2) is 98.4 Å². The van der Waals surface area contributed by atoms with Gasteiger partial charge in [0.2, 0.25) is 18.4 Å². The molecule has 1 aromatic rings. The molecule has 2 aliphatic rings. The number of fused-ring (bicyclic) bond motifs is 1. The minimum absolute atomic E-state index is 0.0640. The fourth-order valence-corrected chi connectivity index (χ4v) is 6.07. The van der Waals surface area contributed by atoms with E-state index >= 15 is 0 Å². The van der Waals surface area contributed by atoms with Crippen LogP contribution in [0.15, 0.2) is 24.3 Å². The Labute approximate surface area is 240 Å². The summed E-state index contributed by atoms with van der Waals surface area (Å²) >= 11 is 0. The van der Waals surface area contributed by atoms with Crippen LogP contribution in [-0.2, 0) is 9.59 Å². The molecule has 0 aliphatic carbocycles. The number of benzene rings is 1. The van der Waals surface area contributed by atoms with E-state index in [1.54, 1.807) is 7.11 Å². The summed E-state index contributed by atoms with van der Waals surface area (Å²) in [4.78, 5) is 32.9. The van der Waals surface area contributed by atoms with Gasteiger partial charge in [0.05, 0.1) is 19.6 Å². The second-order valence-electron chi connectivity index (χ2n) is 12.0. The third-order valence-corrected chi connectivity index (χ3v) is 8.00. The summed E-state index contributed by atoms with van der Waals surface area (Å²) in [6.45, 7) is 11.4. The van der Waals surface area contributed by atoms with Gasteiger partial charge in [-0.25, -0.2) is 0 Å². The van der Waals surface area contributed by atoms with Crippen molar-refractivity contribution in [1.82, 2.24) is 14.7 Å². The summed E-state index contributed by atoms with van der Waals surface area (Å²) in [5.41, 5.74) is 0.592. The number of methoxy groups -OCH3 is 1. The molecule has 0 spiro atoms. The number of nitrogens with zero attached hydrogens (tertiary/aromatic N) is 3. The normalized spacial score (nSPS) is 20.9. The number of carbonyl (C=O) groups is 2. The number of allylic oxidation sites excluding steroid dienone is 2. The molecular weight excluding hydrogens is 510 g/mol. The van der Waals surface area contributed by atoms with E-state index in [2.05, 4.69) is 36.6 Å². The van der Waals surface area contributed by atoms with Crippen LogP contribution in [0.1, 0.15) is 64.9 Å². The number of rotatable bonds is 15. The van der Waals surface area contributed by atoms with Gasteiger partial charge in [-0.2, -0.15) is 0 Å². The maximum atomic E-state index is 13.7. The SMILES string of the molecule is CC=CC(C)(C)C[C@H]1C(C(=O)O)[C@@H](c2cc(OC)c3c(c2)OCO3)CN1CC(=O)N(CCCC)CCCN(C)C. The van der Waals surface area contributed by atoms with Gasteiger partial charge in [0.15, 0.2) is 11.5 Å². The number of hydrogen-bond acceptors (Lipinski definition) is 7. The number of unbranched alkanes of at least 4 members (excludes halogenated alkanes) is 1. The van der Waals surface area contributed by atoms with E-state index in [1.165, 1.54) is 0 Å². The Morgan fingerprint density at radius 3 is 2.52 bits per heavy atom. The summed E-state index contributed by atoms with van der Waals surface area (Å²) in [5, 5.41) is 10.6. The zero-order valence-corrected chi connectivity index (χ0v) is 25.4. The Balaban J connectivity index is 1.95. The van der Waals surface area contributed by atoms with Crippen LogP contribution in [0.5, 0.6) is 17.2 Å². The quantitative estimate of drug-likeness (QED) is 0.315. The predicted molar refractivity (Wildman–Crippen MR) is 156 cm³/mol. The van der Waals surface area contributed by atoms with Gasteiger partial charge in [-0.05, 0) is 69.9 Å². The monoisotopic (exact) mass is 559 g/mol.